The highest BCUT2D eigenvalue weighted by atomic mass is 15.1. The van der Waals surface area contributed by atoms with E-state index in [9.17, 15) is 0 Å². The highest BCUT2D eigenvalue weighted by Crippen LogP contribution is 2.42. The van der Waals surface area contributed by atoms with Crippen LogP contribution < -0.4 is 4.90 Å². The first-order valence-electron chi connectivity index (χ1n) is 15.4. The van der Waals surface area contributed by atoms with Crippen molar-refractivity contribution in [3.8, 4) is 33.4 Å². The van der Waals surface area contributed by atoms with Crippen LogP contribution in [0.15, 0.2) is 188 Å². The number of hydrogen-bond acceptors (Lipinski definition) is 1. The van der Waals surface area contributed by atoms with Crippen molar-refractivity contribution in [3.63, 3.8) is 0 Å². The van der Waals surface area contributed by atoms with Crippen molar-refractivity contribution in [1.29, 1.82) is 0 Å². The summed E-state index contributed by atoms with van der Waals surface area (Å²) in [6, 6.07) is 67.6. The monoisotopic (exact) mass is 573 g/mol. The van der Waals surface area contributed by atoms with Gasteiger partial charge in [-0.25, -0.2) is 0 Å². The predicted octanol–water partition coefficient (Wildman–Crippen LogP) is 12.5. The lowest BCUT2D eigenvalue weighted by Gasteiger charge is -2.28. The fraction of sp³-hybridized carbons (Fsp3) is 0. The van der Waals surface area contributed by atoms with Crippen LogP contribution in [-0.2, 0) is 0 Å². The molecule has 1 heteroatoms. The van der Waals surface area contributed by atoms with Crippen LogP contribution in [0.2, 0.25) is 0 Å². The number of hydrogen-bond donors (Lipinski definition) is 0. The lowest BCUT2D eigenvalue weighted by Crippen LogP contribution is -2.11. The van der Waals surface area contributed by atoms with E-state index in [1.807, 2.05) is 0 Å². The first-order chi connectivity index (χ1) is 22.3. The van der Waals surface area contributed by atoms with Gasteiger partial charge in [0.25, 0.3) is 0 Å². The summed E-state index contributed by atoms with van der Waals surface area (Å²) in [5, 5.41) is 5.10. The maximum absolute atomic E-state index is 2.37. The van der Waals surface area contributed by atoms with Crippen molar-refractivity contribution in [2.45, 2.75) is 0 Å². The van der Waals surface area contributed by atoms with E-state index < -0.39 is 0 Å². The van der Waals surface area contributed by atoms with Crippen LogP contribution in [0.4, 0.5) is 17.1 Å². The number of para-hydroxylation sites is 1. The second-order valence-corrected chi connectivity index (χ2v) is 11.4. The molecule has 212 valence electrons. The van der Waals surface area contributed by atoms with E-state index in [0.29, 0.717) is 0 Å². The maximum atomic E-state index is 2.37. The van der Waals surface area contributed by atoms with Gasteiger partial charge in [0, 0.05) is 16.9 Å². The van der Waals surface area contributed by atoms with E-state index in [-0.39, 0.29) is 0 Å². The molecule has 0 spiro atoms. The van der Waals surface area contributed by atoms with E-state index >= 15 is 0 Å². The summed E-state index contributed by atoms with van der Waals surface area (Å²) < 4.78 is 0. The number of fused-ring (bicyclic) bond motifs is 3. The lowest BCUT2D eigenvalue weighted by molar-refractivity contribution is 1.28. The smallest absolute Gasteiger partial charge is 0.0540 e. The van der Waals surface area contributed by atoms with E-state index in [4.69, 9.17) is 0 Å². The Morgan fingerprint density at radius 2 is 0.756 bits per heavy atom. The second-order valence-electron chi connectivity index (χ2n) is 11.4. The predicted molar refractivity (Wildman–Crippen MR) is 192 cm³/mol. The molecule has 8 aromatic rings. The van der Waals surface area contributed by atoms with Crippen LogP contribution in [0.5, 0.6) is 0 Å². The summed E-state index contributed by atoms with van der Waals surface area (Å²) in [5.41, 5.74) is 10.6. The van der Waals surface area contributed by atoms with Crippen molar-refractivity contribution in [2.24, 2.45) is 0 Å². The molecule has 0 amide bonds. The minimum absolute atomic E-state index is 1.11. The van der Waals surface area contributed by atoms with Gasteiger partial charge in [0.1, 0.15) is 0 Å². The molecule has 8 aromatic carbocycles. The average molecular weight is 574 g/mol. The molecule has 8 rings (SSSR count). The second kappa shape index (κ2) is 11.6. The van der Waals surface area contributed by atoms with Crippen LogP contribution in [0.3, 0.4) is 0 Å². The summed E-state index contributed by atoms with van der Waals surface area (Å²) in [7, 11) is 0. The quantitative estimate of drug-likeness (QED) is 0.179. The third kappa shape index (κ3) is 5.05. The highest BCUT2D eigenvalue weighted by Gasteiger charge is 2.18. The molecule has 0 heterocycles. The Kier molecular flexibility index (Phi) is 6.90. The highest BCUT2D eigenvalue weighted by molar-refractivity contribution is 6.13. The zero-order chi connectivity index (χ0) is 30.0. The van der Waals surface area contributed by atoms with Gasteiger partial charge in [0.15, 0.2) is 0 Å². The Bertz CT molecular complexity index is 2230. The zero-order valence-corrected chi connectivity index (χ0v) is 24.8. The van der Waals surface area contributed by atoms with Crippen molar-refractivity contribution in [3.05, 3.63) is 188 Å². The van der Waals surface area contributed by atoms with E-state index in [1.54, 1.807) is 0 Å². The summed E-state index contributed by atoms with van der Waals surface area (Å²) in [4.78, 5) is 2.37. The fourth-order valence-electron chi connectivity index (χ4n) is 6.47. The normalized spacial score (nSPS) is 11.1. The minimum Gasteiger partial charge on any atom is -0.310 e. The minimum atomic E-state index is 1.11. The van der Waals surface area contributed by atoms with Crippen molar-refractivity contribution < 1.29 is 0 Å². The van der Waals surface area contributed by atoms with Gasteiger partial charge >= 0.3 is 0 Å². The molecule has 0 saturated carbocycles. The van der Waals surface area contributed by atoms with Crippen LogP contribution >= 0.6 is 0 Å². The molecule has 1 nitrogen and oxygen atoms in total. The van der Waals surface area contributed by atoms with Gasteiger partial charge in [-0.3, -0.25) is 0 Å². The SMILES string of the molecule is c1ccc(-c2ccc(N(c3ccc(-c4cc5ccccc5c5ccccc45)cc3)c3ccccc3-c3ccccc3)cc2)cc1. The largest absolute Gasteiger partial charge is 0.310 e. The van der Waals surface area contributed by atoms with Gasteiger partial charge in [-0.05, 0) is 85.8 Å². The Labute approximate surface area is 264 Å². The third-order valence-corrected chi connectivity index (χ3v) is 8.67. The molecule has 0 unspecified atom stereocenters. The topological polar surface area (TPSA) is 3.24 Å². The van der Waals surface area contributed by atoms with Gasteiger partial charge < -0.3 is 4.90 Å². The molecule has 45 heavy (non-hydrogen) atoms. The van der Waals surface area contributed by atoms with Crippen LogP contribution in [0.25, 0.3) is 54.9 Å². The Hall–Kier alpha value is -5.92. The summed E-state index contributed by atoms with van der Waals surface area (Å²) in [6.45, 7) is 0. The van der Waals surface area contributed by atoms with Gasteiger partial charge in [-0.15, -0.1) is 0 Å². The van der Waals surface area contributed by atoms with Crippen LogP contribution in [-0.4, -0.2) is 0 Å². The summed E-state index contributed by atoms with van der Waals surface area (Å²) in [6.07, 6.45) is 0. The first-order valence-corrected chi connectivity index (χ1v) is 15.4. The number of nitrogens with zero attached hydrogens (tertiary/aromatic N) is 1. The van der Waals surface area contributed by atoms with Crippen LogP contribution in [0.1, 0.15) is 0 Å². The van der Waals surface area contributed by atoms with Crippen molar-refractivity contribution in [2.75, 3.05) is 4.90 Å². The lowest BCUT2D eigenvalue weighted by atomic mass is 9.93. The van der Waals surface area contributed by atoms with Crippen molar-refractivity contribution >= 4 is 38.6 Å². The molecule has 0 aliphatic carbocycles. The van der Waals surface area contributed by atoms with Gasteiger partial charge in [0.05, 0.1) is 5.69 Å². The van der Waals surface area contributed by atoms with Gasteiger partial charge in [-0.1, -0.05) is 152 Å². The molecule has 0 aliphatic rings. The third-order valence-electron chi connectivity index (χ3n) is 8.67. The maximum Gasteiger partial charge on any atom is 0.0540 e. The number of rotatable bonds is 6. The first kappa shape index (κ1) is 26.7. The number of benzene rings is 8. The molecule has 0 saturated heterocycles. The molecule has 0 radical (unpaired) electrons. The summed E-state index contributed by atoms with van der Waals surface area (Å²) in [5.74, 6) is 0. The van der Waals surface area contributed by atoms with E-state index in [1.165, 1.54) is 54.9 Å². The molecular formula is C44H31N. The van der Waals surface area contributed by atoms with Gasteiger partial charge in [0.2, 0.25) is 0 Å². The molecule has 0 aliphatic heterocycles. The Morgan fingerprint density at radius 1 is 0.289 bits per heavy atom. The molecule has 0 bridgehead atoms. The summed E-state index contributed by atoms with van der Waals surface area (Å²) >= 11 is 0. The Morgan fingerprint density at radius 3 is 1.44 bits per heavy atom. The van der Waals surface area contributed by atoms with E-state index in [0.717, 1.165) is 17.1 Å². The molecule has 0 atom stereocenters. The van der Waals surface area contributed by atoms with E-state index in [2.05, 4.69) is 193 Å². The molecular weight excluding hydrogens is 542 g/mol. The van der Waals surface area contributed by atoms with Gasteiger partial charge in [-0.2, -0.15) is 0 Å². The standard InChI is InChI=1S/C44H31N/c1-3-13-32(14-4-1)33-23-27-37(28-24-33)45(44-22-12-11-19-40(44)34-15-5-2-6-16-34)38-29-25-35(26-30-38)43-31-36-17-7-8-18-39(36)41-20-9-10-21-42(41)43/h1-31H. The Balaban J connectivity index is 1.27. The fourth-order valence-corrected chi connectivity index (χ4v) is 6.47. The average Bonchev–Trinajstić information content (AvgIpc) is 3.13. The zero-order valence-electron chi connectivity index (χ0n) is 24.8. The molecule has 0 aromatic heterocycles. The molecule has 0 N–H and O–H groups in total. The molecule has 0 fully saturated rings. The van der Waals surface area contributed by atoms with Crippen molar-refractivity contribution in [1.82, 2.24) is 0 Å². The van der Waals surface area contributed by atoms with Crippen LogP contribution in [0, 0.1) is 0 Å². The number of anilines is 3.